The third kappa shape index (κ3) is 2.72. The lowest BCUT2D eigenvalue weighted by atomic mass is 9.51. The van der Waals surface area contributed by atoms with Crippen molar-refractivity contribution in [2.24, 2.45) is 11.8 Å². The van der Waals surface area contributed by atoms with Crippen molar-refractivity contribution >= 4 is 11.6 Å². The van der Waals surface area contributed by atoms with Crippen LogP contribution in [0.3, 0.4) is 0 Å². The van der Waals surface area contributed by atoms with E-state index in [-0.39, 0.29) is 40.3 Å². The number of phenols is 2. The molecule has 1 saturated heterocycles. The van der Waals surface area contributed by atoms with E-state index in [2.05, 4.69) is 0 Å². The van der Waals surface area contributed by atoms with Crippen LogP contribution >= 0.6 is 0 Å². The first kappa shape index (κ1) is 22.9. The Morgan fingerprint density at radius 1 is 1.09 bits per heavy atom. The van der Waals surface area contributed by atoms with Crippen molar-refractivity contribution < 1.29 is 29.3 Å². The van der Waals surface area contributed by atoms with Gasteiger partial charge in [-0.05, 0) is 54.4 Å². The van der Waals surface area contributed by atoms with Crippen LogP contribution in [0.1, 0.15) is 70.3 Å². The molecule has 180 valence electrons. The molecule has 6 rings (SSSR count). The predicted octanol–water partition coefficient (Wildman–Crippen LogP) is 4.97. The fourth-order valence-electron chi connectivity index (χ4n) is 6.48. The molecule has 0 amide bonds. The molecule has 1 aromatic carbocycles. The standard InChI is InChI=1S/C28H32O6/c1-14(2)7-8-17-19(29)13-20(30)22-23(31)18-11-16-12-21-26(5,6)34-27(25(16)32,10-9-15(3)4)28(18,21)33-24(17)22/h7,9,11,13,16,21,29-30H,8,10,12H2,1-6H3/t16-,21+,27-,28-/m1/s1. The van der Waals surface area contributed by atoms with Crippen LogP contribution in [0.5, 0.6) is 17.2 Å². The largest absolute Gasteiger partial charge is 0.507 e. The first-order chi connectivity index (χ1) is 15.9. The summed E-state index contributed by atoms with van der Waals surface area (Å²) >= 11 is 0. The van der Waals surface area contributed by atoms with Crippen molar-refractivity contribution in [2.75, 3.05) is 0 Å². The SMILES string of the molecule is CC(C)=CCc1c(O)cc(O)c2c1O[C@]13C(=C[C@@H]4C[C@H]1C(C)(C)O[C@]3(CC=C(C)C)C4=O)C2=O. The zero-order chi connectivity index (χ0) is 24.8. The van der Waals surface area contributed by atoms with Crippen molar-refractivity contribution in [1.82, 2.24) is 0 Å². The molecule has 2 N–H and O–H groups in total. The Balaban J connectivity index is 1.81. The molecule has 4 bridgehead atoms. The van der Waals surface area contributed by atoms with Gasteiger partial charge in [0.15, 0.2) is 22.8 Å². The lowest BCUT2D eigenvalue weighted by Gasteiger charge is -2.56. The molecule has 3 aliphatic carbocycles. The topological polar surface area (TPSA) is 93.1 Å². The fraction of sp³-hybridized carbons (Fsp3) is 0.500. The maximum Gasteiger partial charge on any atom is 0.200 e. The molecule has 1 saturated carbocycles. The van der Waals surface area contributed by atoms with Gasteiger partial charge >= 0.3 is 0 Å². The lowest BCUT2D eigenvalue weighted by Crippen LogP contribution is -2.72. The van der Waals surface area contributed by atoms with Gasteiger partial charge in [-0.25, -0.2) is 0 Å². The normalized spacial score (nSPS) is 31.9. The molecule has 5 aliphatic rings. The van der Waals surface area contributed by atoms with Gasteiger partial charge in [-0.3, -0.25) is 9.59 Å². The molecule has 6 nitrogen and oxygen atoms in total. The van der Waals surface area contributed by atoms with Crippen LogP contribution in [0.15, 0.2) is 41.0 Å². The molecular formula is C28H32O6. The molecule has 2 aliphatic heterocycles. The average molecular weight is 465 g/mol. The number of ether oxygens (including phenoxy) is 2. The van der Waals surface area contributed by atoms with Gasteiger partial charge in [0.25, 0.3) is 0 Å². The maximum atomic E-state index is 14.0. The number of ketones is 2. The minimum Gasteiger partial charge on any atom is -0.507 e. The van der Waals surface area contributed by atoms with Crippen LogP contribution < -0.4 is 4.74 Å². The van der Waals surface area contributed by atoms with Gasteiger partial charge in [0.2, 0.25) is 0 Å². The molecular weight excluding hydrogens is 432 g/mol. The summed E-state index contributed by atoms with van der Waals surface area (Å²) in [7, 11) is 0. The molecule has 0 aromatic heterocycles. The van der Waals surface area contributed by atoms with Crippen LogP contribution in [0.2, 0.25) is 0 Å². The number of benzene rings is 1. The lowest BCUT2D eigenvalue weighted by molar-refractivity contribution is -0.171. The third-order valence-corrected chi connectivity index (χ3v) is 7.95. The van der Waals surface area contributed by atoms with E-state index in [0.717, 1.165) is 11.1 Å². The second kappa shape index (κ2) is 7.08. The van der Waals surface area contributed by atoms with E-state index in [0.29, 0.717) is 30.4 Å². The first-order valence-corrected chi connectivity index (χ1v) is 11.9. The van der Waals surface area contributed by atoms with Crippen molar-refractivity contribution in [3.8, 4) is 17.2 Å². The van der Waals surface area contributed by atoms with E-state index >= 15 is 0 Å². The summed E-state index contributed by atoms with van der Waals surface area (Å²) in [6, 6.07) is 1.20. The van der Waals surface area contributed by atoms with Gasteiger partial charge in [-0.15, -0.1) is 0 Å². The van der Waals surface area contributed by atoms with E-state index in [1.165, 1.54) is 6.07 Å². The maximum absolute atomic E-state index is 14.0. The van der Waals surface area contributed by atoms with Gasteiger partial charge in [0, 0.05) is 35.5 Å². The fourth-order valence-corrected chi connectivity index (χ4v) is 6.48. The molecule has 4 atom stereocenters. The summed E-state index contributed by atoms with van der Waals surface area (Å²) < 4.78 is 13.5. The predicted molar refractivity (Wildman–Crippen MR) is 127 cm³/mol. The summed E-state index contributed by atoms with van der Waals surface area (Å²) in [5, 5.41) is 21.4. The number of Topliss-reactive ketones (excluding diaryl/α,β-unsaturated/α-hetero) is 2. The number of carbonyl (C=O) groups excluding carboxylic acids is 2. The smallest absolute Gasteiger partial charge is 0.200 e. The number of hydrogen-bond acceptors (Lipinski definition) is 6. The van der Waals surface area contributed by atoms with Crippen LogP contribution in [0, 0.1) is 11.8 Å². The monoisotopic (exact) mass is 464 g/mol. The van der Waals surface area contributed by atoms with Gasteiger partial charge in [0.1, 0.15) is 22.8 Å². The Morgan fingerprint density at radius 2 is 1.76 bits per heavy atom. The number of aromatic hydroxyl groups is 2. The summed E-state index contributed by atoms with van der Waals surface area (Å²) in [6.45, 7) is 11.7. The number of phenolic OH excluding ortho intramolecular Hbond substituents is 2. The van der Waals surface area contributed by atoms with Gasteiger partial charge in [-0.2, -0.15) is 0 Å². The van der Waals surface area contributed by atoms with Crippen molar-refractivity contribution in [3.63, 3.8) is 0 Å². The van der Waals surface area contributed by atoms with Crippen molar-refractivity contribution in [1.29, 1.82) is 0 Å². The Bertz CT molecular complexity index is 1220. The highest BCUT2D eigenvalue weighted by molar-refractivity contribution is 6.18. The number of allylic oxidation sites excluding steroid dienone is 4. The van der Waals surface area contributed by atoms with Crippen LogP contribution in [0.25, 0.3) is 0 Å². The molecule has 6 heteroatoms. The Hall–Kier alpha value is -2.86. The average Bonchev–Trinajstić information content (AvgIpc) is 2.89. The van der Waals surface area contributed by atoms with Crippen LogP contribution in [-0.4, -0.2) is 38.6 Å². The summed E-state index contributed by atoms with van der Waals surface area (Å²) in [4.78, 5) is 27.9. The van der Waals surface area contributed by atoms with E-state index in [9.17, 15) is 19.8 Å². The molecule has 2 fully saturated rings. The van der Waals surface area contributed by atoms with Crippen LogP contribution in [0.4, 0.5) is 0 Å². The number of fused-ring (bicyclic) bond motifs is 1. The number of hydrogen-bond donors (Lipinski definition) is 2. The summed E-state index contributed by atoms with van der Waals surface area (Å²) in [6.07, 6.45) is 6.78. The molecule has 2 heterocycles. The Morgan fingerprint density at radius 3 is 2.41 bits per heavy atom. The molecule has 0 radical (unpaired) electrons. The minimum atomic E-state index is -1.35. The van der Waals surface area contributed by atoms with E-state index in [4.69, 9.17) is 9.47 Å². The first-order valence-electron chi connectivity index (χ1n) is 11.9. The highest BCUT2D eigenvalue weighted by atomic mass is 16.6. The summed E-state index contributed by atoms with van der Waals surface area (Å²) in [5.74, 6) is -1.43. The van der Waals surface area contributed by atoms with Crippen molar-refractivity contribution in [2.45, 2.75) is 77.6 Å². The van der Waals surface area contributed by atoms with Gasteiger partial charge in [0.05, 0.1) is 5.60 Å². The molecule has 1 aromatic rings. The van der Waals surface area contributed by atoms with Gasteiger partial charge in [-0.1, -0.05) is 29.4 Å². The van der Waals surface area contributed by atoms with E-state index < -0.39 is 22.7 Å². The highest BCUT2D eigenvalue weighted by Gasteiger charge is 2.81. The molecule has 34 heavy (non-hydrogen) atoms. The zero-order valence-electron chi connectivity index (χ0n) is 20.6. The summed E-state index contributed by atoms with van der Waals surface area (Å²) in [5.41, 5.74) is -0.450. The van der Waals surface area contributed by atoms with Gasteiger partial charge < -0.3 is 19.7 Å². The number of rotatable bonds is 4. The molecule has 1 spiro atoms. The minimum absolute atomic E-state index is 0.0430. The van der Waals surface area contributed by atoms with Crippen LogP contribution in [-0.2, 0) is 16.0 Å². The number of carbonyl (C=O) groups is 2. The second-order valence-electron chi connectivity index (χ2n) is 11.1. The highest BCUT2D eigenvalue weighted by Crippen LogP contribution is 2.68. The molecule has 0 unspecified atom stereocenters. The van der Waals surface area contributed by atoms with E-state index in [1.54, 1.807) is 6.08 Å². The second-order valence-corrected chi connectivity index (χ2v) is 11.1. The quantitative estimate of drug-likeness (QED) is 0.611. The third-order valence-electron chi connectivity index (χ3n) is 7.95. The zero-order valence-corrected chi connectivity index (χ0v) is 20.6. The Labute approximate surface area is 200 Å². The van der Waals surface area contributed by atoms with E-state index in [1.807, 2.05) is 53.7 Å². The Kier molecular flexibility index (Phi) is 4.77. The van der Waals surface area contributed by atoms with Crippen molar-refractivity contribution in [3.05, 3.63) is 52.1 Å².